The maximum absolute atomic E-state index is 13.7. The van der Waals surface area contributed by atoms with Gasteiger partial charge in [-0.05, 0) is 85.5 Å². The molecule has 0 saturated carbocycles. The Morgan fingerprint density at radius 3 is 2.55 bits per heavy atom. The van der Waals surface area contributed by atoms with E-state index in [1.54, 1.807) is 41.3 Å². The van der Waals surface area contributed by atoms with Crippen LogP contribution in [0.25, 0.3) is 10.2 Å². The minimum atomic E-state index is -3.79. The zero-order chi connectivity index (χ0) is 26.7. The van der Waals surface area contributed by atoms with E-state index in [0.29, 0.717) is 35.3 Å². The molecule has 8 nitrogen and oxygen atoms in total. The average Bonchev–Trinajstić information content (AvgIpc) is 3.61. The Bertz CT molecular complexity index is 1530. The summed E-state index contributed by atoms with van der Waals surface area (Å²) in [6.07, 6.45) is 2.74. The number of carbonyl (C=O) groups excluding carboxylic acids is 1. The Kier molecular flexibility index (Phi) is 7.64. The molecule has 1 saturated heterocycles. The van der Waals surface area contributed by atoms with E-state index >= 15 is 0 Å². The van der Waals surface area contributed by atoms with Crippen LogP contribution in [-0.4, -0.2) is 45.7 Å². The van der Waals surface area contributed by atoms with Crippen molar-refractivity contribution >= 4 is 48.3 Å². The highest BCUT2D eigenvalue weighted by molar-refractivity contribution is 7.92. The third-order valence-corrected chi connectivity index (χ3v) is 8.93. The van der Waals surface area contributed by atoms with E-state index in [1.807, 2.05) is 6.07 Å². The molecule has 198 valence electrons. The maximum Gasteiger partial charge on any atom is 0.261 e. The van der Waals surface area contributed by atoms with Gasteiger partial charge in [-0.15, -0.1) is 0 Å². The monoisotopic (exact) mass is 551 g/mol. The Balaban J connectivity index is 1.38. The molecule has 38 heavy (non-hydrogen) atoms. The van der Waals surface area contributed by atoms with Gasteiger partial charge in [0, 0.05) is 17.9 Å². The van der Waals surface area contributed by atoms with E-state index in [4.69, 9.17) is 14.5 Å². The second-order valence-corrected chi connectivity index (χ2v) is 11.8. The summed E-state index contributed by atoms with van der Waals surface area (Å²) in [7, 11) is -2.27. The molecule has 1 aliphatic heterocycles. The van der Waals surface area contributed by atoms with Crippen molar-refractivity contribution in [3.8, 4) is 5.75 Å². The SMILES string of the molecule is CCc1ccc2nc(N(CC3CCCO3)C(=O)c3ccc(NS(=O)(=O)c4ccc(OC)cc4)cc3)sc2c1. The second-order valence-electron chi connectivity index (χ2n) is 9.06. The van der Waals surface area contributed by atoms with Crippen molar-refractivity contribution in [1.82, 2.24) is 4.98 Å². The molecule has 1 aromatic heterocycles. The van der Waals surface area contributed by atoms with E-state index < -0.39 is 10.0 Å². The first kappa shape index (κ1) is 26.1. The Morgan fingerprint density at radius 2 is 1.89 bits per heavy atom. The molecule has 1 unspecified atom stereocenters. The van der Waals surface area contributed by atoms with Crippen LogP contribution in [0, 0.1) is 0 Å². The maximum atomic E-state index is 13.7. The summed E-state index contributed by atoms with van der Waals surface area (Å²) >= 11 is 1.49. The third-order valence-electron chi connectivity index (χ3n) is 6.49. The van der Waals surface area contributed by atoms with Crippen LogP contribution in [0.3, 0.4) is 0 Å². The first-order valence-corrected chi connectivity index (χ1v) is 14.8. The highest BCUT2D eigenvalue weighted by atomic mass is 32.2. The number of rotatable bonds is 9. The normalized spacial score (nSPS) is 15.5. The number of thiazole rings is 1. The van der Waals surface area contributed by atoms with E-state index in [-0.39, 0.29) is 16.9 Å². The number of benzene rings is 3. The van der Waals surface area contributed by atoms with Gasteiger partial charge in [-0.25, -0.2) is 13.4 Å². The van der Waals surface area contributed by atoms with Crippen molar-refractivity contribution in [3.05, 3.63) is 77.9 Å². The molecule has 1 fully saturated rings. The van der Waals surface area contributed by atoms with E-state index in [9.17, 15) is 13.2 Å². The molecular weight excluding hydrogens is 522 g/mol. The number of hydrogen-bond donors (Lipinski definition) is 1. The minimum Gasteiger partial charge on any atom is -0.497 e. The molecule has 2 heterocycles. The molecule has 4 aromatic rings. The van der Waals surface area contributed by atoms with Crippen molar-refractivity contribution in [2.24, 2.45) is 0 Å². The summed E-state index contributed by atoms with van der Waals surface area (Å²) in [6, 6.07) is 18.7. The zero-order valence-corrected chi connectivity index (χ0v) is 22.8. The molecule has 3 aromatic carbocycles. The molecule has 1 amide bonds. The standard InChI is InChI=1S/C28H29N3O5S2/c1-3-19-6-15-25-26(17-19)37-28(29-25)31(18-23-5-4-16-36-23)27(32)20-7-9-21(10-8-20)30-38(33,34)24-13-11-22(35-2)12-14-24/h6-15,17,23,30H,3-5,16,18H2,1-2H3. The summed E-state index contributed by atoms with van der Waals surface area (Å²) in [5.41, 5.74) is 2.87. The molecular formula is C28H29N3O5S2. The predicted molar refractivity (Wildman–Crippen MR) is 150 cm³/mol. The summed E-state index contributed by atoms with van der Waals surface area (Å²) < 4.78 is 40.1. The van der Waals surface area contributed by atoms with Crippen molar-refractivity contribution < 1.29 is 22.7 Å². The fourth-order valence-electron chi connectivity index (χ4n) is 4.34. The second kappa shape index (κ2) is 11.1. The van der Waals surface area contributed by atoms with Crippen molar-refractivity contribution in [2.75, 3.05) is 29.9 Å². The van der Waals surface area contributed by atoms with E-state index in [2.05, 4.69) is 23.8 Å². The number of ether oxygens (including phenoxy) is 2. The fraction of sp³-hybridized carbons (Fsp3) is 0.286. The van der Waals surface area contributed by atoms with Gasteiger partial charge in [0.25, 0.3) is 15.9 Å². The quantitative estimate of drug-likeness (QED) is 0.295. The molecule has 0 spiro atoms. The summed E-state index contributed by atoms with van der Waals surface area (Å²) in [5.74, 6) is 0.359. The highest BCUT2D eigenvalue weighted by Crippen LogP contribution is 2.32. The number of aryl methyl sites for hydroxylation is 1. The van der Waals surface area contributed by atoms with Crippen LogP contribution in [0.1, 0.15) is 35.7 Å². The largest absolute Gasteiger partial charge is 0.497 e. The summed E-state index contributed by atoms with van der Waals surface area (Å²) in [5, 5.41) is 0.623. The van der Waals surface area contributed by atoms with Gasteiger partial charge in [-0.1, -0.05) is 24.3 Å². The first-order valence-electron chi connectivity index (χ1n) is 12.5. The number of nitrogens with zero attached hydrogens (tertiary/aromatic N) is 2. The highest BCUT2D eigenvalue weighted by Gasteiger charge is 2.27. The molecule has 10 heteroatoms. The number of methoxy groups -OCH3 is 1. The van der Waals surface area contributed by atoms with Gasteiger partial charge in [-0.2, -0.15) is 0 Å². The van der Waals surface area contributed by atoms with Gasteiger partial charge in [-0.3, -0.25) is 14.4 Å². The lowest BCUT2D eigenvalue weighted by molar-refractivity contribution is 0.0917. The number of amides is 1. The number of fused-ring (bicyclic) bond motifs is 1. The lowest BCUT2D eigenvalue weighted by Crippen LogP contribution is -2.37. The van der Waals surface area contributed by atoms with Crippen LogP contribution < -0.4 is 14.4 Å². The molecule has 1 aliphatic rings. The van der Waals surface area contributed by atoms with Gasteiger partial charge in [0.05, 0.1) is 34.9 Å². The molecule has 0 radical (unpaired) electrons. The lowest BCUT2D eigenvalue weighted by Gasteiger charge is -2.23. The molecule has 0 bridgehead atoms. The van der Waals surface area contributed by atoms with Crippen LogP contribution in [0.2, 0.25) is 0 Å². The average molecular weight is 552 g/mol. The third kappa shape index (κ3) is 5.67. The smallest absolute Gasteiger partial charge is 0.261 e. The van der Waals surface area contributed by atoms with Crippen molar-refractivity contribution in [2.45, 2.75) is 37.2 Å². The molecule has 1 atom stereocenters. The number of carbonyl (C=O) groups is 1. The van der Waals surface area contributed by atoms with Crippen LogP contribution in [-0.2, 0) is 21.2 Å². The zero-order valence-electron chi connectivity index (χ0n) is 21.2. The lowest BCUT2D eigenvalue weighted by atomic mass is 10.1. The van der Waals surface area contributed by atoms with Gasteiger partial charge in [0.1, 0.15) is 5.75 Å². The van der Waals surface area contributed by atoms with Crippen LogP contribution >= 0.6 is 11.3 Å². The van der Waals surface area contributed by atoms with Gasteiger partial charge in [0.15, 0.2) is 5.13 Å². The summed E-state index contributed by atoms with van der Waals surface area (Å²) in [4.78, 5) is 20.3. The van der Waals surface area contributed by atoms with Crippen LogP contribution in [0.5, 0.6) is 5.75 Å². The van der Waals surface area contributed by atoms with Crippen molar-refractivity contribution in [3.63, 3.8) is 0 Å². The summed E-state index contributed by atoms with van der Waals surface area (Å²) in [6.45, 7) is 3.21. The van der Waals surface area contributed by atoms with Crippen LogP contribution in [0.15, 0.2) is 71.6 Å². The van der Waals surface area contributed by atoms with Gasteiger partial charge >= 0.3 is 0 Å². The number of nitrogens with one attached hydrogen (secondary N) is 1. The number of aromatic nitrogens is 1. The minimum absolute atomic E-state index is 0.0484. The van der Waals surface area contributed by atoms with E-state index in [0.717, 1.165) is 29.5 Å². The Labute approximate surface area is 226 Å². The fourth-order valence-corrected chi connectivity index (χ4v) is 6.43. The van der Waals surface area contributed by atoms with E-state index in [1.165, 1.54) is 36.1 Å². The van der Waals surface area contributed by atoms with Gasteiger partial charge in [0.2, 0.25) is 0 Å². The van der Waals surface area contributed by atoms with Crippen molar-refractivity contribution in [1.29, 1.82) is 0 Å². The number of anilines is 2. The number of hydrogen-bond acceptors (Lipinski definition) is 7. The molecule has 1 N–H and O–H groups in total. The number of sulfonamides is 1. The first-order chi connectivity index (χ1) is 18.4. The Hall–Kier alpha value is -3.47. The molecule has 0 aliphatic carbocycles. The van der Waals surface area contributed by atoms with Crippen LogP contribution in [0.4, 0.5) is 10.8 Å². The topological polar surface area (TPSA) is 97.8 Å². The van der Waals surface area contributed by atoms with Gasteiger partial charge < -0.3 is 9.47 Å². The Morgan fingerprint density at radius 1 is 1.13 bits per heavy atom. The predicted octanol–water partition coefficient (Wildman–Crippen LogP) is 5.49. The molecule has 5 rings (SSSR count).